The largest absolute Gasteiger partial charge is 0.339 e. The van der Waals surface area contributed by atoms with Crippen molar-refractivity contribution in [2.75, 3.05) is 38.0 Å². The summed E-state index contributed by atoms with van der Waals surface area (Å²) in [6.45, 7) is 8.65. The number of nitrogens with zero attached hydrogens (tertiary/aromatic N) is 2. The fraction of sp³-hybridized carbons (Fsp3) is 0.529. The molecular weight excluding hydrogens is 363 g/mol. The zero-order valence-electron chi connectivity index (χ0n) is 14.9. The molecule has 0 aliphatic carbocycles. The van der Waals surface area contributed by atoms with Crippen molar-refractivity contribution < 1.29 is 9.59 Å². The van der Waals surface area contributed by atoms with Gasteiger partial charge in [0.05, 0.1) is 12.6 Å². The first-order valence-electron chi connectivity index (χ1n) is 8.01. The quantitative estimate of drug-likeness (QED) is 0.817. The molecule has 8 heteroatoms. The molecule has 1 fully saturated rings. The highest BCUT2D eigenvalue weighted by Crippen LogP contribution is 2.19. The maximum Gasteiger partial charge on any atom is 0.239 e. The van der Waals surface area contributed by atoms with Crippen LogP contribution in [0.5, 0.6) is 0 Å². The van der Waals surface area contributed by atoms with E-state index in [1.165, 1.54) is 0 Å². The van der Waals surface area contributed by atoms with Crippen molar-refractivity contribution in [1.29, 1.82) is 0 Å². The van der Waals surface area contributed by atoms with Crippen LogP contribution in [0.25, 0.3) is 0 Å². The van der Waals surface area contributed by atoms with Crippen molar-refractivity contribution in [3.8, 4) is 0 Å². The van der Waals surface area contributed by atoms with Crippen LogP contribution in [0.4, 0.5) is 5.69 Å². The summed E-state index contributed by atoms with van der Waals surface area (Å²) in [7, 11) is 0. The van der Waals surface area contributed by atoms with E-state index < -0.39 is 6.04 Å². The fourth-order valence-electron chi connectivity index (χ4n) is 2.81. The van der Waals surface area contributed by atoms with E-state index >= 15 is 0 Å². The molecule has 1 aliphatic heterocycles. The van der Waals surface area contributed by atoms with Crippen molar-refractivity contribution in [2.24, 2.45) is 5.73 Å². The Hall–Kier alpha value is -1.34. The Morgan fingerprint density at radius 3 is 2.12 bits per heavy atom. The van der Waals surface area contributed by atoms with Crippen molar-refractivity contribution in [3.63, 3.8) is 0 Å². The highest BCUT2D eigenvalue weighted by atomic mass is 35.5. The minimum absolute atomic E-state index is 0. The molecule has 0 bridgehead atoms. The van der Waals surface area contributed by atoms with Crippen LogP contribution >= 0.6 is 24.8 Å². The Morgan fingerprint density at radius 2 is 1.64 bits per heavy atom. The minimum Gasteiger partial charge on any atom is -0.339 e. The molecule has 1 heterocycles. The lowest BCUT2D eigenvalue weighted by molar-refractivity contribution is -0.134. The van der Waals surface area contributed by atoms with E-state index in [0.29, 0.717) is 32.7 Å². The van der Waals surface area contributed by atoms with E-state index in [-0.39, 0.29) is 36.6 Å². The first-order chi connectivity index (χ1) is 10.9. The fourth-order valence-corrected chi connectivity index (χ4v) is 2.81. The standard InChI is InChI=1S/C17H26N4O2.2ClH/c1-12-5-4-6-13(2)16(12)19-15(22)11-20-7-9-21(10-8-20)17(23)14(3)18;;/h4-6,14H,7-11,18H2,1-3H3,(H,19,22);2*1H/t14-;;/m1../s1. The van der Waals surface area contributed by atoms with Gasteiger partial charge in [0.1, 0.15) is 0 Å². The zero-order chi connectivity index (χ0) is 17.0. The van der Waals surface area contributed by atoms with Gasteiger partial charge in [-0.05, 0) is 31.9 Å². The maximum atomic E-state index is 12.3. The van der Waals surface area contributed by atoms with Gasteiger partial charge >= 0.3 is 0 Å². The SMILES string of the molecule is Cc1cccc(C)c1NC(=O)CN1CCN(C(=O)[C@@H](C)N)CC1.Cl.Cl. The number of carbonyl (C=O) groups excluding carboxylic acids is 2. The molecule has 6 nitrogen and oxygen atoms in total. The van der Waals surface area contributed by atoms with Gasteiger partial charge in [0.2, 0.25) is 11.8 Å². The molecule has 0 saturated carbocycles. The normalized spacial score (nSPS) is 15.6. The van der Waals surface area contributed by atoms with Crippen LogP contribution < -0.4 is 11.1 Å². The smallest absolute Gasteiger partial charge is 0.239 e. The Kier molecular flexibility index (Phi) is 10.0. The summed E-state index contributed by atoms with van der Waals surface area (Å²) in [6.07, 6.45) is 0. The number of nitrogens with one attached hydrogen (secondary N) is 1. The van der Waals surface area contributed by atoms with Crippen LogP contribution in [0.1, 0.15) is 18.1 Å². The van der Waals surface area contributed by atoms with Crippen molar-refractivity contribution in [3.05, 3.63) is 29.3 Å². The third-order valence-electron chi connectivity index (χ3n) is 4.19. The Morgan fingerprint density at radius 1 is 1.12 bits per heavy atom. The average Bonchev–Trinajstić information content (AvgIpc) is 2.51. The molecule has 1 saturated heterocycles. The van der Waals surface area contributed by atoms with Gasteiger partial charge in [0, 0.05) is 31.9 Å². The van der Waals surface area contributed by atoms with Gasteiger partial charge in [0.25, 0.3) is 0 Å². The molecule has 142 valence electrons. The van der Waals surface area contributed by atoms with Crippen molar-refractivity contribution in [1.82, 2.24) is 9.80 Å². The molecule has 2 amide bonds. The molecule has 1 aliphatic rings. The van der Waals surface area contributed by atoms with E-state index in [4.69, 9.17) is 5.73 Å². The van der Waals surface area contributed by atoms with Gasteiger partial charge < -0.3 is 16.0 Å². The summed E-state index contributed by atoms with van der Waals surface area (Å²) in [5.41, 5.74) is 8.64. The number of nitrogens with two attached hydrogens (primary N) is 1. The van der Waals surface area contributed by atoms with Gasteiger partial charge in [-0.3, -0.25) is 14.5 Å². The van der Waals surface area contributed by atoms with Crippen molar-refractivity contribution >= 4 is 42.3 Å². The summed E-state index contributed by atoms with van der Waals surface area (Å²) in [5, 5.41) is 3.00. The second-order valence-electron chi connectivity index (χ2n) is 6.21. The van der Waals surface area contributed by atoms with E-state index in [2.05, 4.69) is 10.2 Å². The van der Waals surface area contributed by atoms with Gasteiger partial charge in [-0.25, -0.2) is 0 Å². The first-order valence-corrected chi connectivity index (χ1v) is 8.01. The highest BCUT2D eigenvalue weighted by Gasteiger charge is 2.24. The molecule has 25 heavy (non-hydrogen) atoms. The first kappa shape index (κ1) is 23.7. The highest BCUT2D eigenvalue weighted by molar-refractivity contribution is 5.93. The molecule has 1 atom stereocenters. The number of hydrogen-bond acceptors (Lipinski definition) is 4. The number of benzene rings is 1. The molecule has 0 aromatic heterocycles. The van der Waals surface area contributed by atoms with Gasteiger partial charge in [-0.2, -0.15) is 0 Å². The summed E-state index contributed by atoms with van der Waals surface area (Å²) in [4.78, 5) is 27.9. The zero-order valence-corrected chi connectivity index (χ0v) is 16.6. The van der Waals surface area contributed by atoms with Crippen LogP contribution in [0.3, 0.4) is 0 Å². The summed E-state index contributed by atoms with van der Waals surface area (Å²) >= 11 is 0. The van der Waals surface area contributed by atoms with Crippen LogP contribution in [-0.4, -0.2) is 60.4 Å². The van der Waals surface area contributed by atoms with E-state index in [9.17, 15) is 9.59 Å². The Labute approximate surface area is 161 Å². The number of piperazine rings is 1. The lowest BCUT2D eigenvalue weighted by Gasteiger charge is -2.35. The second-order valence-corrected chi connectivity index (χ2v) is 6.21. The van der Waals surface area contributed by atoms with Gasteiger partial charge in [0.15, 0.2) is 0 Å². The van der Waals surface area contributed by atoms with Crippen LogP contribution in [0.15, 0.2) is 18.2 Å². The van der Waals surface area contributed by atoms with E-state index in [1.54, 1.807) is 11.8 Å². The number of para-hydroxylation sites is 1. The maximum absolute atomic E-state index is 12.3. The third-order valence-corrected chi connectivity index (χ3v) is 4.19. The minimum atomic E-state index is -0.464. The lowest BCUT2D eigenvalue weighted by Crippen LogP contribution is -2.53. The molecule has 1 aromatic rings. The Bertz CT molecular complexity index is 568. The van der Waals surface area contributed by atoms with Crippen LogP contribution in [0.2, 0.25) is 0 Å². The summed E-state index contributed by atoms with van der Waals surface area (Å²) in [6, 6.07) is 5.49. The van der Waals surface area contributed by atoms with Gasteiger partial charge in [-0.15, -0.1) is 24.8 Å². The number of carbonyl (C=O) groups is 2. The molecule has 0 unspecified atom stereocenters. The number of rotatable bonds is 4. The average molecular weight is 391 g/mol. The van der Waals surface area contributed by atoms with Crippen molar-refractivity contribution in [2.45, 2.75) is 26.8 Å². The summed E-state index contributed by atoms with van der Waals surface area (Å²) < 4.78 is 0. The van der Waals surface area contributed by atoms with Crippen LogP contribution in [-0.2, 0) is 9.59 Å². The molecule has 0 radical (unpaired) electrons. The Balaban J connectivity index is 0.00000288. The van der Waals surface area contributed by atoms with Crippen LogP contribution in [0, 0.1) is 13.8 Å². The second kappa shape index (κ2) is 10.6. The predicted octanol–water partition coefficient (Wildman–Crippen LogP) is 1.58. The molecule has 0 spiro atoms. The monoisotopic (exact) mass is 390 g/mol. The summed E-state index contributed by atoms with van der Waals surface area (Å²) in [5.74, 6) is -0.0426. The van der Waals surface area contributed by atoms with E-state index in [1.807, 2.05) is 32.0 Å². The molecule has 2 rings (SSSR count). The number of hydrogen-bond donors (Lipinski definition) is 2. The molecule has 1 aromatic carbocycles. The third kappa shape index (κ3) is 6.47. The topological polar surface area (TPSA) is 78.7 Å². The lowest BCUT2D eigenvalue weighted by atomic mass is 10.1. The number of amides is 2. The predicted molar refractivity (Wildman–Crippen MR) is 106 cm³/mol. The number of anilines is 1. The van der Waals surface area contributed by atoms with E-state index in [0.717, 1.165) is 16.8 Å². The molecule has 3 N–H and O–H groups in total. The van der Waals surface area contributed by atoms with Gasteiger partial charge in [-0.1, -0.05) is 18.2 Å². The number of aryl methyl sites for hydroxylation is 2. The molecular formula is C17H28Cl2N4O2. The number of halogens is 2.